The van der Waals surface area contributed by atoms with Crippen LogP contribution in [0.25, 0.3) is 0 Å². The van der Waals surface area contributed by atoms with Crippen LogP contribution in [0.4, 0.5) is 4.79 Å². The van der Waals surface area contributed by atoms with Crippen molar-refractivity contribution < 1.29 is 4.79 Å². The molecular weight excluding hydrogens is 140 g/mol. The van der Waals surface area contributed by atoms with E-state index in [1.165, 1.54) is 0 Å². The van der Waals surface area contributed by atoms with Gasteiger partial charge in [-0.15, -0.1) is 0 Å². The first-order chi connectivity index (χ1) is 5.15. The number of carbonyl (C=O) groups excluding carboxylic acids is 1. The first-order valence-electron chi connectivity index (χ1n) is 4.20. The maximum atomic E-state index is 11.1. The number of hydrogen-bond donors (Lipinski definition) is 1. The number of carbonyl (C=O) groups is 1. The summed E-state index contributed by atoms with van der Waals surface area (Å²) in [6.07, 6.45) is 0. The molecule has 2 amide bonds. The largest absolute Gasteiger partial charge is 0.333 e. The zero-order chi connectivity index (χ0) is 8.43. The van der Waals surface area contributed by atoms with Gasteiger partial charge < -0.3 is 10.2 Å². The Morgan fingerprint density at radius 2 is 2.36 bits per heavy atom. The van der Waals surface area contributed by atoms with E-state index in [0.717, 1.165) is 13.1 Å². The maximum Gasteiger partial charge on any atom is 0.317 e. The van der Waals surface area contributed by atoms with Gasteiger partial charge in [0.25, 0.3) is 0 Å². The zero-order valence-electron chi connectivity index (χ0n) is 7.42. The Labute approximate surface area is 67.8 Å². The van der Waals surface area contributed by atoms with Crippen LogP contribution < -0.4 is 5.32 Å². The molecule has 1 aliphatic heterocycles. The maximum absolute atomic E-state index is 11.1. The van der Waals surface area contributed by atoms with Crippen molar-refractivity contribution in [2.45, 2.75) is 26.8 Å². The summed E-state index contributed by atoms with van der Waals surface area (Å²) in [6.45, 7) is 7.94. The van der Waals surface area contributed by atoms with Gasteiger partial charge in [-0.3, -0.25) is 0 Å². The summed E-state index contributed by atoms with van der Waals surface area (Å²) in [4.78, 5) is 13.0. The molecule has 0 radical (unpaired) electrons. The highest BCUT2D eigenvalue weighted by Gasteiger charge is 2.28. The predicted octanol–water partition coefficient (Wildman–Crippen LogP) is 1.06. The third-order valence-electron chi connectivity index (χ3n) is 2.20. The van der Waals surface area contributed by atoms with Crippen molar-refractivity contribution in [1.82, 2.24) is 10.2 Å². The average Bonchev–Trinajstić information content (AvgIpc) is 2.31. The fourth-order valence-electron chi connectivity index (χ4n) is 1.27. The molecule has 1 heterocycles. The van der Waals surface area contributed by atoms with Gasteiger partial charge in [-0.25, -0.2) is 4.79 Å². The molecule has 3 heteroatoms. The number of likely N-dealkylation sites (N-methyl/N-ethyl adjacent to an activating group) is 1. The van der Waals surface area contributed by atoms with Gasteiger partial charge in [0.05, 0.1) is 6.04 Å². The van der Waals surface area contributed by atoms with E-state index >= 15 is 0 Å². The number of hydrogen-bond acceptors (Lipinski definition) is 1. The van der Waals surface area contributed by atoms with E-state index in [9.17, 15) is 4.79 Å². The lowest BCUT2D eigenvalue weighted by Crippen LogP contribution is -2.31. The third-order valence-corrected chi connectivity index (χ3v) is 2.20. The molecule has 0 aromatic heterocycles. The molecule has 1 aliphatic rings. The van der Waals surface area contributed by atoms with Crippen molar-refractivity contribution in [1.29, 1.82) is 0 Å². The second-order valence-electron chi connectivity index (χ2n) is 3.34. The summed E-state index contributed by atoms with van der Waals surface area (Å²) >= 11 is 0. The minimum Gasteiger partial charge on any atom is -0.333 e. The Bertz CT molecular complexity index is 156. The highest BCUT2D eigenvalue weighted by atomic mass is 16.2. The smallest absolute Gasteiger partial charge is 0.317 e. The zero-order valence-corrected chi connectivity index (χ0v) is 7.42. The normalized spacial score (nSPS) is 24.5. The molecule has 1 rings (SSSR count). The quantitative estimate of drug-likeness (QED) is 0.637. The predicted molar refractivity (Wildman–Crippen MR) is 44.4 cm³/mol. The van der Waals surface area contributed by atoms with Crippen molar-refractivity contribution in [3.63, 3.8) is 0 Å². The average molecular weight is 156 g/mol. The van der Waals surface area contributed by atoms with E-state index < -0.39 is 0 Å². The number of urea groups is 1. The van der Waals surface area contributed by atoms with E-state index in [1.54, 1.807) is 0 Å². The summed E-state index contributed by atoms with van der Waals surface area (Å²) in [5.74, 6) is 0.537. The minimum absolute atomic E-state index is 0.0891. The van der Waals surface area contributed by atoms with Crippen LogP contribution in [0.1, 0.15) is 20.8 Å². The SMILES string of the molecule is CCN1C[C@H](C(C)C)NC1=O. The molecule has 64 valence electrons. The molecule has 0 saturated carbocycles. The van der Waals surface area contributed by atoms with Gasteiger partial charge in [0.2, 0.25) is 0 Å². The van der Waals surface area contributed by atoms with Gasteiger partial charge in [-0.05, 0) is 12.8 Å². The number of nitrogens with zero attached hydrogens (tertiary/aromatic N) is 1. The van der Waals surface area contributed by atoms with Crippen LogP contribution in [0.3, 0.4) is 0 Å². The highest BCUT2D eigenvalue weighted by molar-refractivity contribution is 5.76. The molecule has 1 N–H and O–H groups in total. The highest BCUT2D eigenvalue weighted by Crippen LogP contribution is 2.10. The minimum atomic E-state index is 0.0891. The van der Waals surface area contributed by atoms with E-state index in [1.807, 2.05) is 11.8 Å². The molecule has 3 nitrogen and oxygen atoms in total. The van der Waals surface area contributed by atoms with Crippen LogP contribution in [-0.2, 0) is 0 Å². The Kier molecular flexibility index (Phi) is 2.37. The van der Waals surface area contributed by atoms with E-state index in [-0.39, 0.29) is 6.03 Å². The molecule has 0 bridgehead atoms. The van der Waals surface area contributed by atoms with Gasteiger partial charge in [0.1, 0.15) is 0 Å². The molecule has 0 aliphatic carbocycles. The molecule has 0 aromatic carbocycles. The van der Waals surface area contributed by atoms with Gasteiger partial charge in [0.15, 0.2) is 0 Å². The molecule has 0 aromatic rings. The number of rotatable bonds is 2. The summed E-state index contributed by atoms with van der Waals surface area (Å²) in [5.41, 5.74) is 0. The van der Waals surface area contributed by atoms with Crippen molar-refractivity contribution in [2.24, 2.45) is 5.92 Å². The molecule has 0 spiro atoms. The second-order valence-corrected chi connectivity index (χ2v) is 3.34. The van der Waals surface area contributed by atoms with E-state index in [4.69, 9.17) is 0 Å². The molecule has 0 unspecified atom stereocenters. The van der Waals surface area contributed by atoms with Crippen LogP contribution in [0.15, 0.2) is 0 Å². The van der Waals surface area contributed by atoms with E-state index in [0.29, 0.717) is 12.0 Å². The second kappa shape index (κ2) is 3.11. The molecular formula is C8H16N2O. The summed E-state index contributed by atoms with van der Waals surface area (Å²) in [5, 5.41) is 2.94. The van der Waals surface area contributed by atoms with E-state index in [2.05, 4.69) is 19.2 Å². The fraction of sp³-hybridized carbons (Fsp3) is 0.875. The Morgan fingerprint density at radius 3 is 2.64 bits per heavy atom. The van der Waals surface area contributed by atoms with Gasteiger partial charge in [-0.1, -0.05) is 13.8 Å². The van der Waals surface area contributed by atoms with Crippen molar-refractivity contribution >= 4 is 6.03 Å². The monoisotopic (exact) mass is 156 g/mol. The Morgan fingerprint density at radius 1 is 1.73 bits per heavy atom. The summed E-state index contributed by atoms with van der Waals surface area (Å²) in [6, 6.07) is 0.439. The molecule has 11 heavy (non-hydrogen) atoms. The summed E-state index contributed by atoms with van der Waals surface area (Å²) < 4.78 is 0. The molecule has 1 fully saturated rings. The van der Waals surface area contributed by atoms with Crippen molar-refractivity contribution in [3.05, 3.63) is 0 Å². The summed E-state index contributed by atoms with van der Waals surface area (Å²) in [7, 11) is 0. The van der Waals surface area contributed by atoms with Crippen LogP contribution in [-0.4, -0.2) is 30.1 Å². The van der Waals surface area contributed by atoms with Crippen LogP contribution >= 0.6 is 0 Å². The van der Waals surface area contributed by atoms with Gasteiger partial charge in [-0.2, -0.15) is 0 Å². The Balaban J connectivity index is 2.49. The first kappa shape index (κ1) is 8.37. The first-order valence-corrected chi connectivity index (χ1v) is 4.20. The van der Waals surface area contributed by atoms with Crippen molar-refractivity contribution in [2.75, 3.05) is 13.1 Å². The van der Waals surface area contributed by atoms with Gasteiger partial charge in [0, 0.05) is 13.1 Å². The van der Waals surface area contributed by atoms with Crippen molar-refractivity contribution in [3.8, 4) is 0 Å². The molecule has 1 atom stereocenters. The van der Waals surface area contributed by atoms with Crippen LogP contribution in [0.5, 0.6) is 0 Å². The number of amides is 2. The standard InChI is InChI=1S/C8H16N2O/c1-4-10-5-7(6(2)3)9-8(10)11/h6-7H,4-5H2,1-3H3,(H,9,11)/t7-/m1/s1. The lowest BCUT2D eigenvalue weighted by molar-refractivity contribution is 0.219. The fourth-order valence-corrected chi connectivity index (χ4v) is 1.27. The van der Waals surface area contributed by atoms with Crippen LogP contribution in [0.2, 0.25) is 0 Å². The molecule has 1 saturated heterocycles. The third kappa shape index (κ3) is 1.64. The topological polar surface area (TPSA) is 32.3 Å². The van der Waals surface area contributed by atoms with Gasteiger partial charge >= 0.3 is 6.03 Å². The lowest BCUT2D eigenvalue weighted by Gasteiger charge is -2.13. The lowest BCUT2D eigenvalue weighted by atomic mass is 10.1. The Hall–Kier alpha value is -0.730. The van der Waals surface area contributed by atoms with Crippen LogP contribution in [0, 0.1) is 5.92 Å². The number of nitrogens with one attached hydrogen (secondary N) is 1.